The molecule has 29 heavy (non-hydrogen) atoms. The van der Waals surface area contributed by atoms with Crippen molar-refractivity contribution < 1.29 is 9.52 Å². The molecule has 3 nitrogen and oxygen atoms in total. The first-order chi connectivity index (χ1) is 14.2. The van der Waals surface area contributed by atoms with Crippen LogP contribution in [0.15, 0.2) is 27.4 Å². The average molecular weight is 403 g/mol. The van der Waals surface area contributed by atoms with Crippen molar-refractivity contribution in [1.82, 2.24) is 0 Å². The minimum atomic E-state index is -0.633. The number of aliphatic hydroxyl groups is 1. The van der Waals surface area contributed by atoms with Crippen LogP contribution in [-0.2, 0) is 12.8 Å². The molecule has 1 aromatic rings. The van der Waals surface area contributed by atoms with Crippen LogP contribution in [0.1, 0.15) is 126 Å². The lowest BCUT2D eigenvalue weighted by molar-refractivity contribution is 0.147. The third-order valence-electron chi connectivity index (χ3n) is 6.01. The summed E-state index contributed by atoms with van der Waals surface area (Å²) in [5.41, 5.74) is 0.470. The van der Waals surface area contributed by atoms with Crippen LogP contribution in [0.3, 0.4) is 0 Å². The minimum absolute atomic E-state index is 0.0371. The molecule has 1 aliphatic rings. The number of unbranched alkanes of at least 4 members (excludes halogenated alkanes) is 11. The first-order valence-electron chi connectivity index (χ1n) is 12.2. The van der Waals surface area contributed by atoms with Crippen LogP contribution < -0.4 is 5.43 Å². The second kappa shape index (κ2) is 14.6. The van der Waals surface area contributed by atoms with Crippen LogP contribution in [0.4, 0.5) is 0 Å². The van der Waals surface area contributed by atoms with E-state index < -0.39 is 6.10 Å². The number of aliphatic hydroxyl groups excluding tert-OH is 1. The summed E-state index contributed by atoms with van der Waals surface area (Å²) in [5.74, 6) is 1.52. The van der Waals surface area contributed by atoms with Gasteiger partial charge in [0.2, 0.25) is 0 Å². The number of hydrogen-bond donors (Lipinski definition) is 1. The molecule has 1 atom stereocenters. The topological polar surface area (TPSA) is 50.4 Å². The number of hydrogen-bond acceptors (Lipinski definition) is 3. The molecule has 1 heterocycles. The van der Waals surface area contributed by atoms with Gasteiger partial charge in [-0.15, -0.1) is 0 Å². The highest BCUT2D eigenvalue weighted by Gasteiger charge is 2.23. The second-order valence-corrected chi connectivity index (χ2v) is 8.66. The number of rotatable bonds is 15. The van der Waals surface area contributed by atoms with Crippen molar-refractivity contribution in [1.29, 1.82) is 0 Å². The van der Waals surface area contributed by atoms with Gasteiger partial charge in [0.15, 0.2) is 5.43 Å². The van der Waals surface area contributed by atoms with E-state index in [4.69, 9.17) is 4.42 Å². The summed E-state index contributed by atoms with van der Waals surface area (Å²) in [7, 11) is 0. The number of allylic oxidation sites excluding steroid dienone is 2. The largest absolute Gasteiger partial charge is 0.465 e. The highest BCUT2D eigenvalue weighted by atomic mass is 16.3. The molecule has 1 N–H and O–H groups in total. The molecule has 0 spiro atoms. The molecule has 0 aliphatic heterocycles. The van der Waals surface area contributed by atoms with Crippen molar-refractivity contribution >= 4 is 0 Å². The third-order valence-corrected chi connectivity index (χ3v) is 6.01. The predicted molar refractivity (Wildman–Crippen MR) is 121 cm³/mol. The third kappa shape index (κ3) is 9.33. The molecule has 0 saturated carbocycles. The zero-order chi connectivity index (χ0) is 20.7. The lowest BCUT2D eigenvalue weighted by Gasteiger charge is -2.19. The van der Waals surface area contributed by atoms with E-state index in [0.29, 0.717) is 12.0 Å². The van der Waals surface area contributed by atoms with E-state index >= 15 is 0 Å². The van der Waals surface area contributed by atoms with E-state index in [-0.39, 0.29) is 5.43 Å². The number of fused-ring (bicyclic) bond motifs is 1. The molecular weight excluding hydrogens is 360 g/mol. The van der Waals surface area contributed by atoms with E-state index in [1.165, 1.54) is 77.0 Å². The van der Waals surface area contributed by atoms with E-state index in [1.54, 1.807) is 6.07 Å². The van der Waals surface area contributed by atoms with Crippen molar-refractivity contribution in [2.45, 2.75) is 122 Å². The Hall–Kier alpha value is -1.35. The molecule has 1 aliphatic carbocycles. The average Bonchev–Trinajstić information content (AvgIpc) is 2.70. The highest BCUT2D eigenvalue weighted by molar-refractivity contribution is 5.24. The van der Waals surface area contributed by atoms with Gasteiger partial charge in [0, 0.05) is 18.9 Å². The fourth-order valence-corrected chi connectivity index (χ4v) is 4.22. The van der Waals surface area contributed by atoms with E-state index in [1.807, 2.05) is 0 Å². The van der Waals surface area contributed by atoms with Crippen molar-refractivity contribution in [3.8, 4) is 0 Å². The van der Waals surface area contributed by atoms with Crippen molar-refractivity contribution in [3.05, 3.63) is 45.5 Å². The fraction of sp³-hybridized carbons (Fsp3) is 0.731. The van der Waals surface area contributed by atoms with Gasteiger partial charge in [0.05, 0.1) is 11.7 Å². The molecule has 2 rings (SSSR count). The van der Waals surface area contributed by atoms with Gasteiger partial charge < -0.3 is 9.52 Å². The Labute approximate surface area is 177 Å². The maximum absolute atomic E-state index is 12.2. The Balaban J connectivity index is 1.46. The number of aryl methyl sites for hydroxylation is 2. The Morgan fingerprint density at radius 3 is 2.28 bits per heavy atom. The quantitative estimate of drug-likeness (QED) is 0.249. The van der Waals surface area contributed by atoms with Gasteiger partial charge in [0.25, 0.3) is 0 Å². The zero-order valence-corrected chi connectivity index (χ0v) is 18.6. The van der Waals surface area contributed by atoms with E-state index in [2.05, 4.69) is 19.1 Å². The Morgan fingerprint density at radius 2 is 1.59 bits per heavy atom. The summed E-state index contributed by atoms with van der Waals surface area (Å²) in [6.07, 6.45) is 24.0. The molecule has 1 aromatic heterocycles. The molecule has 0 amide bonds. The maximum Gasteiger partial charge on any atom is 0.191 e. The summed E-state index contributed by atoms with van der Waals surface area (Å²) >= 11 is 0. The van der Waals surface area contributed by atoms with Gasteiger partial charge >= 0.3 is 0 Å². The van der Waals surface area contributed by atoms with Crippen LogP contribution in [0, 0.1) is 0 Å². The van der Waals surface area contributed by atoms with Crippen LogP contribution in [0.5, 0.6) is 0 Å². The van der Waals surface area contributed by atoms with Gasteiger partial charge in [-0.1, -0.05) is 76.9 Å². The fourth-order valence-electron chi connectivity index (χ4n) is 4.22. The Bertz CT molecular complexity index is 644. The maximum atomic E-state index is 12.2. The van der Waals surface area contributed by atoms with Crippen LogP contribution >= 0.6 is 0 Å². The molecule has 0 radical (unpaired) electrons. The summed E-state index contributed by atoms with van der Waals surface area (Å²) in [6.45, 7) is 2.24. The normalized spacial score (nSPS) is 16.4. The lowest BCUT2D eigenvalue weighted by atomic mass is 9.94. The summed E-state index contributed by atoms with van der Waals surface area (Å²) < 4.78 is 5.91. The molecule has 0 saturated heterocycles. The molecule has 0 bridgehead atoms. The molecule has 0 aromatic carbocycles. The standard InChI is InChI=1S/C26H42O3/c1-2-3-4-5-6-7-8-9-10-11-12-13-14-15-16-18-22-21-24(28)26-23(27)19-17-20-25(26)29-22/h5-6,21,23,27H,2-4,7-20H2,1H3. The first-order valence-corrected chi connectivity index (χ1v) is 12.2. The van der Waals surface area contributed by atoms with Gasteiger partial charge in [-0.3, -0.25) is 4.79 Å². The van der Waals surface area contributed by atoms with Gasteiger partial charge in [-0.25, -0.2) is 0 Å². The van der Waals surface area contributed by atoms with E-state index in [9.17, 15) is 9.90 Å². The highest BCUT2D eigenvalue weighted by Crippen LogP contribution is 2.27. The summed E-state index contributed by atoms with van der Waals surface area (Å²) in [6, 6.07) is 1.60. The first kappa shape index (κ1) is 23.9. The molecule has 164 valence electrons. The lowest BCUT2D eigenvalue weighted by Crippen LogP contribution is -2.20. The van der Waals surface area contributed by atoms with Gasteiger partial charge in [-0.05, 0) is 38.5 Å². The molecular formula is C26H42O3. The summed E-state index contributed by atoms with van der Waals surface area (Å²) in [4.78, 5) is 12.2. The van der Waals surface area contributed by atoms with Gasteiger partial charge in [-0.2, -0.15) is 0 Å². The summed E-state index contributed by atoms with van der Waals surface area (Å²) in [5, 5.41) is 9.99. The van der Waals surface area contributed by atoms with Gasteiger partial charge in [0.1, 0.15) is 11.5 Å². The predicted octanol–water partition coefficient (Wildman–Crippen LogP) is 7.20. The Morgan fingerprint density at radius 1 is 0.966 bits per heavy atom. The molecule has 1 unspecified atom stereocenters. The smallest absolute Gasteiger partial charge is 0.191 e. The molecule has 0 fully saturated rings. The monoisotopic (exact) mass is 402 g/mol. The van der Waals surface area contributed by atoms with Crippen molar-refractivity contribution in [3.63, 3.8) is 0 Å². The Kier molecular flexibility index (Phi) is 12.0. The zero-order valence-electron chi connectivity index (χ0n) is 18.6. The molecule has 3 heteroatoms. The second-order valence-electron chi connectivity index (χ2n) is 8.66. The van der Waals surface area contributed by atoms with Crippen molar-refractivity contribution in [2.24, 2.45) is 0 Å². The van der Waals surface area contributed by atoms with E-state index in [0.717, 1.165) is 37.2 Å². The minimum Gasteiger partial charge on any atom is -0.465 e. The SMILES string of the molecule is CCCCC=CCCCCCCCCCCCc1cc(=O)c2c(o1)CCCC2O. The van der Waals surface area contributed by atoms with Crippen LogP contribution in [0.25, 0.3) is 0 Å². The van der Waals surface area contributed by atoms with Crippen molar-refractivity contribution in [2.75, 3.05) is 0 Å². The van der Waals surface area contributed by atoms with Crippen LogP contribution in [-0.4, -0.2) is 5.11 Å². The van der Waals surface area contributed by atoms with Crippen LogP contribution in [0.2, 0.25) is 0 Å².